The largest absolute Gasteiger partial charge is 0.274 e. The standard InChI is InChI=1S/C15H12N2O4/c18-14-12-8-4-5-9(6-8)13(12)15(19)16(14)10-2-1-3-11(7-10)17(20)21/h1-5,7-9,12-13H,6H2/t8-,9-,12+,13+/m0/s1. The number of allylic oxidation sites excluding steroid dienone is 2. The smallest absolute Gasteiger partial charge is 0.271 e. The topological polar surface area (TPSA) is 80.5 Å². The maximum absolute atomic E-state index is 12.6. The minimum Gasteiger partial charge on any atom is -0.274 e. The van der Waals surface area contributed by atoms with Gasteiger partial charge in [-0.15, -0.1) is 0 Å². The van der Waals surface area contributed by atoms with Gasteiger partial charge in [-0.1, -0.05) is 18.2 Å². The van der Waals surface area contributed by atoms with E-state index in [-0.39, 0.29) is 41.2 Å². The second-order valence-corrected chi connectivity index (χ2v) is 5.79. The van der Waals surface area contributed by atoms with Gasteiger partial charge in [-0.2, -0.15) is 0 Å². The number of hydrogen-bond donors (Lipinski definition) is 0. The number of nitro benzene ring substituents is 1. The molecule has 2 fully saturated rings. The van der Waals surface area contributed by atoms with E-state index in [1.807, 2.05) is 12.2 Å². The summed E-state index contributed by atoms with van der Waals surface area (Å²) < 4.78 is 0. The molecule has 1 aliphatic heterocycles. The van der Waals surface area contributed by atoms with Crippen molar-refractivity contribution in [2.45, 2.75) is 6.42 Å². The number of nitro groups is 1. The number of carbonyl (C=O) groups is 2. The predicted octanol–water partition coefficient (Wildman–Crippen LogP) is 1.91. The zero-order chi connectivity index (χ0) is 14.7. The number of fused-ring (bicyclic) bond motifs is 5. The van der Waals surface area contributed by atoms with Crippen LogP contribution in [0.4, 0.5) is 11.4 Å². The van der Waals surface area contributed by atoms with E-state index in [9.17, 15) is 19.7 Å². The number of amides is 2. The zero-order valence-corrected chi connectivity index (χ0v) is 11.0. The SMILES string of the molecule is O=C1[C@H]2[C@H](C(=O)N1c1cccc([N+](=O)[O-])c1)[C@H]1C=C[C@H]2C1. The van der Waals surface area contributed by atoms with Crippen LogP contribution in [-0.4, -0.2) is 16.7 Å². The molecule has 4 rings (SSSR count). The second-order valence-electron chi connectivity index (χ2n) is 5.79. The van der Waals surface area contributed by atoms with Gasteiger partial charge in [-0.05, 0) is 24.3 Å². The molecular weight excluding hydrogens is 272 g/mol. The quantitative estimate of drug-likeness (QED) is 0.359. The number of nitrogens with zero attached hydrogens (tertiary/aromatic N) is 2. The lowest BCUT2D eigenvalue weighted by atomic mass is 9.85. The van der Waals surface area contributed by atoms with Gasteiger partial charge in [-0.3, -0.25) is 19.7 Å². The van der Waals surface area contributed by atoms with Crippen LogP contribution in [0.5, 0.6) is 0 Å². The van der Waals surface area contributed by atoms with Gasteiger partial charge >= 0.3 is 0 Å². The van der Waals surface area contributed by atoms with Crippen LogP contribution in [0.15, 0.2) is 36.4 Å². The lowest BCUT2D eigenvalue weighted by Crippen LogP contribution is -2.32. The van der Waals surface area contributed by atoms with Crippen molar-refractivity contribution in [2.24, 2.45) is 23.7 Å². The third-order valence-corrected chi connectivity index (χ3v) is 4.77. The van der Waals surface area contributed by atoms with Gasteiger partial charge in [0.2, 0.25) is 11.8 Å². The van der Waals surface area contributed by atoms with Crippen LogP contribution in [0.1, 0.15) is 6.42 Å². The van der Waals surface area contributed by atoms with Crippen molar-refractivity contribution in [3.8, 4) is 0 Å². The Morgan fingerprint density at radius 3 is 2.29 bits per heavy atom. The Labute approximate surface area is 120 Å². The molecule has 0 unspecified atom stereocenters. The maximum Gasteiger partial charge on any atom is 0.271 e. The van der Waals surface area contributed by atoms with E-state index in [0.29, 0.717) is 5.69 Å². The van der Waals surface area contributed by atoms with Crippen LogP contribution in [0.3, 0.4) is 0 Å². The maximum atomic E-state index is 12.6. The van der Waals surface area contributed by atoms with Crippen molar-refractivity contribution in [1.29, 1.82) is 0 Å². The fourth-order valence-corrected chi connectivity index (χ4v) is 3.90. The number of benzene rings is 1. The third-order valence-electron chi connectivity index (χ3n) is 4.77. The Morgan fingerprint density at radius 1 is 1.10 bits per heavy atom. The van der Waals surface area contributed by atoms with Gasteiger partial charge in [0.05, 0.1) is 22.4 Å². The fourth-order valence-electron chi connectivity index (χ4n) is 3.90. The van der Waals surface area contributed by atoms with Gasteiger partial charge in [0.15, 0.2) is 0 Å². The highest BCUT2D eigenvalue weighted by atomic mass is 16.6. The Hall–Kier alpha value is -2.50. The average Bonchev–Trinajstić information content (AvgIpc) is 3.13. The fraction of sp³-hybridized carbons (Fsp3) is 0.333. The molecule has 0 aromatic heterocycles. The van der Waals surface area contributed by atoms with Crippen LogP contribution < -0.4 is 4.90 Å². The summed E-state index contributed by atoms with van der Waals surface area (Å²) in [6.07, 6.45) is 4.91. The molecule has 2 amide bonds. The Balaban J connectivity index is 1.74. The average molecular weight is 284 g/mol. The van der Waals surface area contributed by atoms with Crippen molar-refractivity contribution in [2.75, 3.05) is 4.90 Å². The highest BCUT2D eigenvalue weighted by Crippen LogP contribution is 2.53. The molecular formula is C15H12N2O4. The van der Waals surface area contributed by atoms with Crippen LogP contribution >= 0.6 is 0 Å². The molecule has 1 heterocycles. The molecule has 0 N–H and O–H groups in total. The molecule has 106 valence electrons. The van der Waals surface area contributed by atoms with Gasteiger partial charge in [0, 0.05) is 12.1 Å². The Kier molecular flexibility index (Phi) is 2.34. The van der Waals surface area contributed by atoms with Crippen molar-refractivity contribution < 1.29 is 14.5 Å². The van der Waals surface area contributed by atoms with Crippen LogP contribution in [0, 0.1) is 33.8 Å². The minimum atomic E-state index is -0.527. The van der Waals surface area contributed by atoms with Crippen molar-refractivity contribution in [3.05, 3.63) is 46.5 Å². The molecule has 1 saturated heterocycles. The Morgan fingerprint density at radius 2 is 1.71 bits per heavy atom. The van der Waals surface area contributed by atoms with E-state index in [1.54, 1.807) is 6.07 Å². The first-order valence-electron chi connectivity index (χ1n) is 6.88. The van der Waals surface area contributed by atoms with Crippen LogP contribution in [0.2, 0.25) is 0 Å². The number of anilines is 1. The third kappa shape index (κ3) is 1.53. The normalized spacial score (nSPS) is 32.9. The summed E-state index contributed by atoms with van der Waals surface area (Å²) in [6, 6.07) is 5.70. The molecule has 1 aromatic carbocycles. The van der Waals surface area contributed by atoms with E-state index >= 15 is 0 Å². The minimum absolute atomic E-state index is 0.119. The molecule has 2 bridgehead atoms. The number of imide groups is 1. The molecule has 4 atom stereocenters. The molecule has 3 aliphatic rings. The number of carbonyl (C=O) groups excluding carboxylic acids is 2. The first-order chi connectivity index (χ1) is 10.1. The molecule has 0 spiro atoms. The first-order valence-corrected chi connectivity index (χ1v) is 6.88. The lowest BCUT2D eigenvalue weighted by molar-refractivity contribution is -0.384. The molecule has 6 nitrogen and oxygen atoms in total. The van der Waals surface area contributed by atoms with Gasteiger partial charge < -0.3 is 0 Å². The summed E-state index contributed by atoms with van der Waals surface area (Å²) in [7, 11) is 0. The van der Waals surface area contributed by atoms with Gasteiger partial charge in [0.1, 0.15) is 0 Å². The summed E-state index contributed by atoms with van der Waals surface area (Å²) >= 11 is 0. The van der Waals surface area contributed by atoms with E-state index in [4.69, 9.17) is 0 Å². The summed E-state index contributed by atoms with van der Waals surface area (Å²) in [5.41, 5.74) is 0.180. The zero-order valence-electron chi connectivity index (χ0n) is 11.0. The van der Waals surface area contributed by atoms with Gasteiger partial charge in [-0.25, -0.2) is 4.90 Å². The van der Waals surface area contributed by atoms with E-state index in [0.717, 1.165) is 11.3 Å². The highest BCUT2D eigenvalue weighted by Gasteiger charge is 2.59. The number of non-ortho nitro benzene ring substituents is 1. The number of hydrogen-bond acceptors (Lipinski definition) is 4. The Bertz CT molecular complexity index is 681. The molecule has 1 saturated carbocycles. The highest BCUT2D eigenvalue weighted by molar-refractivity contribution is 6.22. The van der Waals surface area contributed by atoms with Crippen LogP contribution in [0.25, 0.3) is 0 Å². The van der Waals surface area contributed by atoms with Crippen molar-refractivity contribution >= 4 is 23.2 Å². The molecule has 2 aliphatic carbocycles. The molecule has 1 aromatic rings. The van der Waals surface area contributed by atoms with E-state index < -0.39 is 4.92 Å². The molecule has 6 heteroatoms. The first kappa shape index (κ1) is 12.3. The summed E-state index contributed by atoms with van der Waals surface area (Å²) in [5.74, 6) is -0.733. The van der Waals surface area contributed by atoms with Crippen molar-refractivity contribution in [1.82, 2.24) is 0 Å². The number of rotatable bonds is 2. The molecule has 21 heavy (non-hydrogen) atoms. The second kappa shape index (κ2) is 4.00. The summed E-state index contributed by atoms with van der Waals surface area (Å²) in [4.78, 5) is 36.6. The van der Waals surface area contributed by atoms with Crippen LogP contribution in [-0.2, 0) is 9.59 Å². The monoisotopic (exact) mass is 284 g/mol. The summed E-state index contributed by atoms with van der Waals surface area (Å²) in [5, 5.41) is 10.8. The summed E-state index contributed by atoms with van der Waals surface area (Å²) in [6.45, 7) is 0. The lowest BCUT2D eigenvalue weighted by Gasteiger charge is -2.16. The van der Waals surface area contributed by atoms with E-state index in [2.05, 4.69) is 0 Å². The molecule has 0 radical (unpaired) electrons. The predicted molar refractivity (Wildman–Crippen MR) is 73.3 cm³/mol. The van der Waals surface area contributed by atoms with Gasteiger partial charge in [0.25, 0.3) is 5.69 Å². The van der Waals surface area contributed by atoms with E-state index in [1.165, 1.54) is 18.2 Å². The van der Waals surface area contributed by atoms with Crippen molar-refractivity contribution in [3.63, 3.8) is 0 Å².